The molecule has 0 aromatic carbocycles. The Hall–Kier alpha value is -1.04. The average molecular weight is 186 g/mol. The SMILES string of the molecule is C=C/C=C/CCCC1=C[C@H]2C=C[C@@H]1C2. The molecule has 0 heterocycles. The molecule has 2 aliphatic rings. The Morgan fingerprint density at radius 2 is 2.36 bits per heavy atom. The smallest absolute Gasteiger partial charge is 0.00143 e. The van der Waals surface area contributed by atoms with Gasteiger partial charge in [-0.15, -0.1) is 0 Å². The van der Waals surface area contributed by atoms with E-state index in [2.05, 4.69) is 30.9 Å². The number of fused-ring (bicyclic) bond motifs is 2. The van der Waals surface area contributed by atoms with Crippen molar-refractivity contribution in [3.63, 3.8) is 0 Å². The Bertz CT molecular complexity index is 291. The molecule has 2 aliphatic carbocycles. The van der Waals surface area contributed by atoms with E-state index in [-0.39, 0.29) is 0 Å². The monoisotopic (exact) mass is 186 g/mol. The molecule has 0 unspecified atom stereocenters. The predicted octanol–water partition coefficient (Wildman–Crippen LogP) is 4.03. The summed E-state index contributed by atoms with van der Waals surface area (Å²) in [6.45, 7) is 3.66. The molecule has 2 atom stereocenters. The van der Waals surface area contributed by atoms with Gasteiger partial charge in [0.15, 0.2) is 0 Å². The standard InChI is InChI=1S/C14H18/c1-2-3-4-5-6-7-13-10-12-8-9-14(13)11-12/h2-4,8-10,12,14H,1,5-7,11H2/b4-3+/t12-,14-/m1/s1. The molecule has 0 saturated heterocycles. The first-order chi connectivity index (χ1) is 6.90. The summed E-state index contributed by atoms with van der Waals surface area (Å²) < 4.78 is 0. The van der Waals surface area contributed by atoms with E-state index in [0.717, 1.165) is 11.8 Å². The molecule has 0 heteroatoms. The average Bonchev–Trinajstić information content (AvgIpc) is 2.79. The van der Waals surface area contributed by atoms with E-state index < -0.39 is 0 Å². The molecule has 0 aromatic heterocycles. The van der Waals surface area contributed by atoms with Crippen molar-refractivity contribution in [1.29, 1.82) is 0 Å². The van der Waals surface area contributed by atoms with Gasteiger partial charge in [-0.1, -0.05) is 48.6 Å². The van der Waals surface area contributed by atoms with Crippen molar-refractivity contribution in [2.24, 2.45) is 11.8 Å². The van der Waals surface area contributed by atoms with Gasteiger partial charge in [0, 0.05) is 0 Å². The third-order valence-electron chi connectivity index (χ3n) is 3.13. The third kappa shape index (κ3) is 2.06. The van der Waals surface area contributed by atoms with Gasteiger partial charge in [0.25, 0.3) is 0 Å². The molecule has 0 radical (unpaired) electrons. The van der Waals surface area contributed by atoms with E-state index in [0.29, 0.717) is 0 Å². The molecule has 0 N–H and O–H groups in total. The van der Waals surface area contributed by atoms with Gasteiger partial charge in [-0.05, 0) is 37.5 Å². The first kappa shape index (κ1) is 9.51. The van der Waals surface area contributed by atoms with Crippen LogP contribution in [0, 0.1) is 11.8 Å². The maximum atomic E-state index is 3.66. The molecule has 0 fully saturated rings. The summed E-state index contributed by atoms with van der Waals surface area (Å²) in [5.74, 6) is 1.57. The minimum absolute atomic E-state index is 0.777. The highest BCUT2D eigenvalue weighted by Crippen LogP contribution is 2.40. The highest BCUT2D eigenvalue weighted by molar-refractivity contribution is 5.29. The molecule has 0 spiro atoms. The Morgan fingerprint density at radius 3 is 3.00 bits per heavy atom. The lowest BCUT2D eigenvalue weighted by molar-refractivity contribution is 0.680. The number of hydrogen-bond donors (Lipinski definition) is 0. The molecule has 0 aromatic rings. The van der Waals surface area contributed by atoms with E-state index in [1.165, 1.54) is 25.7 Å². The van der Waals surface area contributed by atoms with Gasteiger partial charge >= 0.3 is 0 Å². The quantitative estimate of drug-likeness (QED) is 0.345. The first-order valence-electron chi connectivity index (χ1n) is 5.56. The first-order valence-corrected chi connectivity index (χ1v) is 5.56. The normalized spacial score (nSPS) is 28.7. The zero-order chi connectivity index (χ0) is 9.80. The molecular formula is C14H18. The Balaban J connectivity index is 1.70. The molecule has 2 rings (SSSR count). The van der Waals surface area contributed by atoms with Gasteiger partial charge in [-0.25, -0.2) is 0 Å². The molecule has 0 nitrogen and oxygen atoms in total. The van der Waals surface area contributed by atoms with E-state index in [9.17, 15) is 0 Å². The lowest BCUT2D eigenvalue weighted by Gasteiger charge is -2.08. The fourth-order valence-corrected chi connectivity index (χ4v) is 2.41. The molecular weight excluding hydrogens is 168 g/mol. The number of unbranched alkanes of at least 4 members (excludes halogenated alkanes) is 1. The van der Waals surface area contributed by atoms with Crippen LogP contribution in [0.1, 0.15) is 25.7 Å². The zero-order valence-corrected chi connectivity index (χ0v) is 8.65. The summed E-state index contributed by atoms with van der Waals surface area (Å²) >= 11 is 0. The van der Waals surface area contributed by atoms with Crippen LogP contribution in [0.25, 0.3) is 0 Å². The topological polar surface area (TPSA) is 0 Å². The van der Waals surface area contributed by atoms with Crippen molar-refractivity contribution in [2.75, 3.05) is 0 Å². The zero-order valence-electron chi connectivity index (χ0n) is 8.65. The van der Waals surface area contributed by atoms with Gasteiger partial charge in [0.2, 0.25) is 0 Å². The fraction of sp³-hybridized carbons (Fsp3) is 0.429. The highest BCUT2D eigenvalue weighted by Gasteiger charge is 2.26. The van der Waals surface area contributed by atoms with Crippen LogP contribution in [0.5, 0.6) is 0 Å². The Kier molecular flexibility index (Phi) is 3.03. The number of hydrogen-bond acceptors (Lipinski definition) is 0. The largest absolute Gasteiger partial charge is 0.0991 e. The predicted molar refractivity (Wildman–Crippen MR) is 62.0 cm³/mol. The van der Waals surface area contributed by atoms with Gasteiger partial charge in [0.1, 0.15) is 0 Å². The highest BCUT2D eigenvalue weighted by atomic mass is 14.3. The van der Waals surface area contributed by atoms with Gasteiger partial charge in [-0.3, -0.25) is 0 Å². The number of allylic oxidation sites excluding steroid dienone is 7. The van der Waals surface area contributed by atoms with E-state index in [4.69, 9.17) is 0 Å². The second kappa shape index (κ2) is 4.45. The van der Waals surface area contributed by atoms with Crippen LogP contribution >= 0.6 is 0 Å². The molecule has 0 aliphatic heterocycles. The molecule has 0 saturated carbocycles. The van der Waals surface area contributed by atoms with Crippen LogP contribution in [0.3, 0.4) is 0 Å². The van der Waals surface area contributed by atoms with Crippen molar-refractivity contribution >= 4 is 0 Å². The molecule has 0 amide bonds. The summed E-state index contributed by atoms with van der Waals surface area (Å²) in [5, 5.41) is 0. The van der Waals surface area contributed by atoms with Crippen molar-refractivity contribution in [3.05, 3.63) is 48.6 Å². The van der Waals surface area contributed by atoms with Crippen molar-refractivity contribution in [1.82, 2.24) is 0 Å². The second-order valence-corrected chi connectivity index (χ2v) is 4.19. The summed E-state index contributed by atoms with van der Waals surface area (Å²) in [7, 11) is 0. The van der Waals surface area contributed by atoms with Crippen molar-refractivity contribution in [3.8, 4) is 0 Å². The van der Waals surface area contributed by atoms with Crippen LogP contribution in [0.15, 0.2) is 48.6 Å². The Morgan fingerprint density at radius 1 is 1.43 bits per heavy atom. The minimum Gasteiger partial charge on any atom is -0.0991 e. The Labute approximate surface area is 86.7 Å². The van der Waals surface area contributed by atoms with Crippen LogP contribution in [0.2, 0.25) is 0 Å². The van der Waals surface area contributed by atoms with E-state index in [1.54, 1.807) is 5.57 Å². The van der Waals surface area contributed by atoms with Crippen LogP contribution < -0.4 is 0 Å². The third-order valence-corrected chi connectivity index (χ3v) is 3.13. The maximum Gasteiger partial charge on any atom is -0.00143 e. The van der Waals surface area contributed by atoms with Gasteiger partial charge < -0.3 is 0 Å². The van der Waals surface area contributed by atoms with Crippen LogP contribution in [-0.2, 0) is 0 Å². The van der Waals surface area contributed by atoms with E-state index >= 15 is 0 Å². The fourth-order valence-electron chi connectivity index (χ4n) is 2.41. The maximum absolute atomic E-state index is 3.66. The van der Waals surface area contributed by atoms with Crippen molar-refractivity contribution < 1.29 is 0 Å². The van der Waals surface area contributed by atoms with Gasteiger partial charge in [0.05, 0.1) is 0 Å². The second-order valence-electron chi connectivity index (χ2n) is 4.19. The van der Waals surface area contributed by atoms with Crippen LogP contribution in [-0.4, -0.2) is 0 Å². The van der Waals surface area contributed by atoms with E-state index in [1.807, 2.05) is 12.2 Å². The van der Waals surface area contributed by atoms with Gasteiger partial charge in [-0.2, -0.15) is 0 Å². The van der Waals surface area contributed by atoms with Crippen LogP contribution in [0.4, 0.5) is 0 Å². The number of rotatable bonds is 5. The summed E-state index contributed by atoms with van der Waals surface area (Å²) in [6.07, 6.45) is 18.4. The minimum atomic E-state index is 0.777. The molecule has 74 valence electrons. The summed E-state index contributed by atoms with van der Waals surface area (Å²) in [6, 6.07) is 0. The lowest BCUT2D eigenvalue weighted by Crippen LogP contribution is -1.93. The van der Waals surface area contributed by atoms with Crippen molar-refractivity contribution in [2.45, 2.75) is 25.7 Å². The summed E-state index contributed by atoms with van der Waals surface area (Å²) in [5.41, 5.74) is 1.68. The summed E-state index contributed by atoms with van der Waals surface area (Å²) in [4.78, 5) is 0. The lowest BCUT2D eigenvalue weighted by atomic mass is 9.98. The molecule has 2 bridgehead atoms. The molecule has 14 heavy (non-hydrogen) atoms.